The van der Waals surface area contributed by atoms with Gasteiger partial charge in [0.25, 0.3) is 0 Å². The van der Waals surface area contributed by atoms with E-state index in [0.29, 0.717) is 12.1 Å². The fourth-order valence-corrected chi connectivity index (χ4v) is 3.45. The minimum Gasteiger partial charge on any atom is -0.354 e. The molecule has 1 aliphatic rings. The Balaban J connectivity index is 1.51. The van der Waals surface area contributed by atoms with Crippen LogP contribution >= 0.6 is 0 Å². The zero-order valence-electron chi connectivity index (χ0n) is 17.2. The minimum absolute atomic E-state index is 0.139. The van der Waals surface area contributed by atoms with Crippen LogP contribution in [0.5, 0.6) is 0 Å². The number of hydrogen-bond donors (Lipinski definition) is 1. The molecule has 8 heteroatoms. The number of carbonyl (C=O) groups excluding carboxylic acids is 1. The lowest BCUT2D eigenvalue weighted by atomic mass is 9.96. The molecule has 1 N–H and O–H groups in total. The van der Waals surface area contributed by atoms with Gasteiger partial charge in [0.1, 0.15) is 5.82 Å². The van der Waals surface area contributed by atoms with E-state index in [9.17, 15) is 18.0 Å². The predicted molar refractivity (Wildman–Crippen MR) is 110 cm³/mol. The summed E-state index contributed by atoms with van der Waals surface area (Å²) in [7, 11) is 2.10. The molecule has 0 spiro atoms. The van der Waals surface area contributed by atoms with Crippen LogP contribution in [0.3, 0.4) is 0 Å². The smallest absolute Gasteiger partial charge is 0.354 e. The first-order chi connectivity index (χ1) is 14.2. The average Bonchev–Trinajstić information content (AvgIpc) is 2.72. The molecule has 0 radical (unpaired) electrons. The molecule has 30 heavy (non-hydrogen) atoms. The van der Waals surface area contributed by atoms with Gasteiger partial charge in [-0.1, -0.05) is 19.1 Å². The van der Waals surface area contributed by atoms with Crippen molar-refractivity contribution in [3.8, 4) is 0 Å². The molecule has 0 bridgehead atoms. The van der Waals surface area contributed by atoms with Crippen LogP contribution in [0.15, 0.2) is 42.6 Å². The van der Waals surface area contributed by atoms with Gasteiger partial charge < -0.3 is 15.1 Å². The molecule has 162 valence electrons. The van der Waals surface area contributed by atoms with E-state index in [1.807, 2.05) is 19.1 Å². The molecule has 2 heterocycles. The summed E-state index contributed by atoms with van der Waals surface area (Å²) < 4.78 is 38.0. The summed E-state index contributed by atoms with van der Waals surface area (Å²) >= 11 is 0. The first kappa shape index (κ1) is 22.1. The van der Waals surface area contributed by atoms with E-state index in [0.717, 1.165) is 49.7 Å². The van der Waals surface area contributed by atoms with Crippen molar-refractivity contribution in [2.75, 3.05) is 38.1 Å². The van der Waals surface area contributed by atoms with Gasteiger partial charge in [-0.25, -0.2) is 4.98 Å². The van der Waals surface area contributed by atoms with Crippen molar-refractivity contribution in [3.63, 3.8) is 0 Å². The maximum atomic E-state index is 12.7. The summed E-state index contributed by atoms with van der Waals surface area (Å²) in [5.74, 6) is 0.596. The number of piperazine rings is 1. The SMILES string of the molecule is CC(CC(=O)NCc1ccnc(N2CCN(C)CC2)c1)c1ccc(C(F)(F)F)cc1. The Labute approximate surface area is 174 Å². The van der Waals surface area contributed by atoms with Gasteiger partial charge in [-0.05, 0) is 48.4 Å². The summed E-state index contributed by atoms with van der Waals surface area (Å²) in [5.41, 5.74) is 0.991. The lowest BCUT2D eigenvalue weighted by Crippen LogP contribution is -2.44. The first-order valence-electron chi connectivity index (χ1n) is 10.0. The van der Waals surface area contributed by atoms with Crippen LogP contribution in [0.4, 0.5) is 19.0 Å². The molecule has 1 aliphatic heterocycles. The van der Waals surface area contributed by atoms with Crippen LogP contribution in [0, 0.1) is 0 Å². The van der Waals surface area contributed by atoms with Crippen LogP contribution in [0.1, 0.15) is 36.0 Å². The zero-order valence-corrected chi connectivity index (χ0v) is 17.2. The summed E-state index contributed by atoms with van der Waals surface area (Å²) in [4.78, 5) is 21.3. The number of carbonyl (C=O) groups is 1. The third-order valence-electron chi connectivity index (χ3n) is 5.43. The van der Waals surface area contributed by atoms with Crippen molar-refractivity contribution in [1.82, 2.24) is 15.2 Å². The van der Waals surface area contributed by atoms with Gasteiger partial charge in [-0.15, -0.1) is 0 Å². The highest BCUT2D eigenvalue weighted by Crippen LogP contribution is 2.30. The van der Waals surface area contributed by atoms with Gasteiger partial charge in [-0.3, -0.25) is 4.79 Å². The standard InChI is InChI=1S/C22H27F3N4O/c1-16(18-3-5-19(6-4-18)22(23,24)25)13-21(30)27-15-17-7-8-26-20(14-17)29-11-9-28(2)10-12-29/h3-8,14,16H,9-13,15H2,1-2H3,(H,27,30). The Hall–Kier alpha value is -2.61. The second-order valence-electron chi connectivity index (χ2n) is 7.81. The van der Waals surface area contributed by atoms with E-state index in [2.05, 4.69) is 27.1 Å². The van der Waals surface area contributed by atoms with Gasteiger partial charge in [-0.2, -0.15) is 13.2 Å². The number of rotatable bonds is 6. The van der Waals surface area contributed by atoms with E-state index in [1.165, 1.54) is 12.1 Å². The van der Waals surface area contributed by atoms with E-state index in [4.69, 9.17) is 0 Å². The molecular weight excluding hydrogens is 393 g/mol. The van der Waals surface area contributed by atoms with Gasteiger partial charge in [0.15, 0.2) is 0 Å². The first-order valence-corrected chi connectivity index (χ1v) is 10.0. The van der Waals surface area contributed by atoms with E-state index in [1.54, 1.807) is 6.20 Å². The molecule has 0 saturated carbocycles. The Bertz CT molecular complexity index is 846. The van der Waals surface area contributed by atoms with Gasteiger partial charge in [0.05, 0.1) is 5.56 Å². The lowest BCUT2D eigenvalue weighted by Gasteiger charge is -2.33. The van der Waals surface area contributed by atoms with Crippen LogP contribution in [0.2, 0.25) is 0 Å². The lowest BCUT2D eigenvalue weighted by molar-refractivity contribution is -0.137. The fraction of sp³-hybridized carbons (Fsp3) is 0.455. The minimum atomic E-state index is -4.35. The molecule has 1 aromatic heterocycles. The van der Waals surface area contributed by atoms with Gasteiger partial charge in [0.2, 0.25) is 5.91 Å². The highest BCUT2D eigenvalue weighted by Gasteiger charge is 2.30. The highest BCUT2D eigenvalue weighted by atomic mass is 19.4. The number of alkyl halides is 3. The van der Waals surface area contributed by atoms with E-state index < -0.39 is 11.7 Å². The van der Waals surface area contributed by atoms with Gasteiger partial charge in [0, 0.05) is 45.3 Å². The van der Waals surface area contributed by atoms with Crippen molar-refractivity contribution in [1.29, 1.82) is 0 Å². The molecular formula is C22H27F3N4O. The number of nitrogens with one attached hydrogen (secondary N) is 1. The number of anilines is 1. The Morgan fingerprint density at radius 1 is 1.13 bits per heavy atom. The summed E-state index contributed by atoms with van der Waals surface area (Å²) in [6.45, 7) is 6.05. The molecule has 5 nitrogen and oxygen atoms in total. The number of benzene rings is 1. The number of halogens is 3. The molecule has 1 atom stereocenters. The molecule has 2 aromatic rings. The summed E-state index contributed by atoms with van der Waals surface area (Å²) in [5, 5.41) is 2.90. The molecule has 1 aromatic carbocycles. The zero-order chi connectivity index (χ0) is 21.7. The Kier molecular flexibility index (Phi) is 6.97. The Morgan fingerprint density at radius 2 is 1.80 bits per heavy atom. The normalized spacial score (nSPS) is 16.4. The number of likely N-dealkylation sites (N-methyl/N-ethyl adjacent to an activating group) is 1. The maximum absolute atomic E-state index is 12.7. The van der Waals surface area contributed by atoms with Crippen LogP contribution in [0.25, 0.3) is 0 Å². The van der Waals surface area contributed by atoms with Crippen molar-refractivity contribution >= 4 is 11.7 Å². The molecule has 0 aliphatic carbocycles. The van der Waals surface area contributed by atoms with Crippen molar-refractivity contribution in [2.45, 2.75) is 32.0 Å². The van der Waals surface area contributed by atoms with Crippen LogP contribution in [-0.2, 0) is 17.5 Å². The molecule has 3 rings (SSSR count). The maximum Gasteiger partial charge on any atom is 0.416 e. The topological polar surface area (TPSA) is 48.5 Å². The number of hydrogen-bond acceptors (Lipinski definition) is 4. The molecule has 1 amide bonds. The molecule has 1 fully saturated rings. The van der Waals surface area contributed by atoms with Crippen LogP contribution < -0.4 is 10.2 Å². The number of nitrogens with zero attached hydrogens (tertiary/aromatic N) is 3. The fourth-order valence-electron chi connectivity index (χ4n) is 3.45. The van der Waals surface area contributed by atoms with Crippen molar-refractivity contribution < 1.29 is 18.0 Å². The Morgan fingerprint density at radius 3 is 2.43 bits per heavy atom. The number of aromatic nitrogens is 1. The van der Waals surface area contributed by atoms with E-state index >= 15 is 0 Å². The van der Waals surface area contributed by atoms with Crippen LogP contribution in [-0.4, -0.2) is 49.0 Å². The quantitative estimate of drug-likeness (QED) is 0.775. The largest absolute Gasteiger partial charge is 0.416 e. The van der Waals surface area contributed by atoms with E-state index in [-0.39, 0.29) is 18.2 Å². The summed E-state index contributed by atoms with van der Waals surface area (Å²) in [6, 6.07) is 8.85. The number of amides is 1. The number of pyridine rings is 1. The van der Waals surface area contributed by atoms with Crippen molar-refractivity contribution in [3.05, 3.63) is 59.3 Å². The second kappa shape index (κ2) is 9.47. The third-order valence-corrected chi connectivity index (χ3v) is 5.43. The van der Waals surface area contributed by atoms with Crippen molar-refractivity contribution in [2.24, 2.45) is 0 Å². The third kappa shape index (κ3) is 5.95. The molecule has 1 saturated heterocycles. The second-order valence-corrected chi connectivity index (χ2v) is 7.81. The predicted octanol–water partition coefficient (Wildman–Crippen LogP) is 3.66. The average molecular weight is 420 g/mol. The molecule has 1 unspecified atom stereocenters. The van der Waals surface area contributed by atoms with Gasteiger partial charge >= 0.3 is 6.18 Å². The monoisotopic (exact) mass is 420 g/mol. The summed E-state index contributed by atoms with van der Waals surface area (Å²) in [6.07, 6.45) is -2.39. The highest BCUT2D eigenvalue weighted by molar-refractivity contribution is 5.76.